The summed E-state index contributed by atoms with van der Waals surface area (Å²) in [6, 6.07) is 20.5. The maximum absolute atomic E-state index is 13.1. The van der Waals surface area contributed by atoms with Crippen LogP contribution in [0.25, 0.3) is 11.3 Å². The highest BCUT2D eigenvalue weighted by Crippen LogP contribution is 2.26. The number of nitrogens with two attached hydrogens (primary N) is 1. The molecule has 168 valence electrons. The Hall–Kier alpha value is -4.27. The van der Waals surface area contributed by atoms with Gasteiger partial charge in [0.05, 0.1) is 18.5 Å². The first kappa shape index (κ1) is 21.9. The summed E-state index contributed by atoms with van der Waals surface area (Å²) in [4.78, 5) is 31.5. The average Bonchev–Trinajstić information content (AvgIpc) is 3.25. The summed E-state index contributed by atoms with van der Waals surface area (Å²) in [6.45, 7) is 0.865. The molecule has 9 heteroatoms. The summed E-state index contributed by atoms with van der Waals surface area (Å²) in [5, 5.41) is 10.9. The molecule has 2 heterocycles. The molecule has 1 unspecified atom stereocenters. The number of aromatic nitrogens is 2. The minimum Gasteiger partial charge on any atom is -0.339 e. The van der Waals surface area contributed by atoms with Gasteiger partial charge in [-0.25, -0.2) is 4.68 Å². The number of nitrogens with zero attached hydrogens (tertiary/aromatic N) is 5. The van der Waals surface area contributed by atoms with Crippen molar-refractivity contribution in [3.05, 3.63) is 72.3 Å². The third kappa shape index (κ3) is 4.98. The summed E-state index contributed by atoms with van der Waals surface area (Å²) in [5.41, 5.74) is 2.72. The van der Waals surface area contributed by atoms with Crippen LogP contribution in [-0.2, 0) is 22.7 Å². The van der Waals surface area contributed by atoms with Gasteiger partial charge in [-0.1, -0.05) is 60.7 Å². The van der Waals surface area contributed by atoms with E-state index in [-0.39, 0.29) is 11.6 Å². The maximum atomic E-state index is 13.1. The number of amides is 2. The zero-order valence-corrected chi connectivity index (χ0v) is 18.3. The van der Waals surface area contributed by atoms with E-state index in [2.05, 4.69) is 20.5 Å². The Bertz CT molecular complexity index is 1190. The first-order valence-electron chi connectivity index (χ1n) is 10.6. The summed E-state index contributed by atoms with van der Waals surface area (Å²) < 4.78 is 1.78. The zero-order valence-electron chi connectivity index (χ0n) is 18.3. The normalized spacial score (nSPS) is 16.5. The highest BCUT2D eigenvalue weighted by atomic mass is 16.2. The molecular formula is C24H25N7O2. The van der Waals surface area contributed by atoms with Crippen LogP contribution in [0.4, 0.5) is 5.82 Å². The molecule has 4 rings (SSSR count). The van der Waals surface area contributed by atoms with Gasteiger partial charge in [-0.15, -0.1) is 0 Å². The molecule has 3 N–H and O–H groups in total. The fourth-order valence-corrected chi connectivity index (χ4v) is 3.65. The van der Waals surface area contributed by atoms with E-state index >= 15 is 0 Å². The van der Waals surface area contributed by atoms with Crippen LogP contribution in [0.2, 0.25) is 0 Å². The first-order valence-corrected chi connectivity index (χ1v) is 10.6. The SMILES string of the molecule is CN1C(=O)C(NC(=O)C(C=NCc2ccccc2)=NN)CCn2nc(-c3ccccc3)cc21. The molecule has 0 fully saturated rings. The number of likely N-dealkylation sites (N-methyl/N-ethyl adjacent to an activating group) is 1. The summed E-state index contributed by atoms with van der Waals surface area (Å²) in [6.07, 6.45) is 1.71. The van der Waals surface area contributed by atoms with E-state index in [0.717, 1.165) is 16.8 Å². The van der Waals surface area contributed by atoms with Crippen LogP contribution in [0.15, 0.2) is 76.8 Å². The van der Waals surface area contributed by atoms with Crippen molar-refractivity contribution in [3.8, 4) is 11.3 Å². The van der Waals surface area contributed by atoms with Crippen LogP contribution in [-0.4, -0.2) is 46.6 Å². The lowest BCUT2D eigenvalue weighted by molar-refractivity contribution is -0.124. The summed E-state index contributed by atoms with van der Waals surface area (Å²) in [5.74, 6) is 5.29. The van der Waals surface area contributed by atoms with Crippen LogP contribution < -0.4 is 16.1 Å². The topological polar surface area (TPSA) is 118 Å². The lowest BCUT2D eigenvalue weighted by Gasteiger charge is -2.20. The molecule has 1 atom stereocenters. The Morgan fingerprint density at radius 3 is 2.58 bits per heavy atom. The van der Waals surface area contributed by atoms with Gasteiger partial charge in [-0.2, -0.15) is 10.2 Å². The Morgan fingerprint density at radius 2 is 1.88 bits per heavy atom. The molecule has 0 saturated carbocycles. The fraction of sp³-hybridized carbons (Fsp3) is 0.208. The molecule has 3 aromatic rings. The quantitative estimate of drug-likeness (QED) is 0.344. The minimum absolute atomic E-state index is 0.0465. The average molecular weight is 444 g/mol. The molecule has 0 saturated heterocycles. The number of rotatable bonds is 6. The van der Waals surface area contributed by atoms with Crippen molar-refractivity contribution in [2.45, 2.75) is 25.6 Å². The summed E-state index contributed by atoms with van der Waals surface area (Å²) in [7, 11) is 1.67. The molecular weight excluding hydrogens is 418 g/mol. The van der Waals surface area contributed by atoms with E-state index in [4.69, 9.17) is 5.84 Å². The van der Waals surface area contributed by atoms with E-state index in [9.17, 15) is 9.59 Å². The molecule has 1 aliphatic heterocycles. The number of nitrogens with one attached hydrogen (secondary N) is 1. The number of carbonyl (C=O) groups is 2. The van der Waals surface area contributed by atoms with Gasteiger partial charge in [-0.05, 0) is 12.0 Å². The van der Waals surface area contributed by atoms with Crippen molar-refractivity contribution >= 4 is 29.6 Å². The Labute approximate surface area is 191 Å². The van der Waals surface area contributed by atoms with Crippen molar-refractivity contribution < 1.29 is 9.59 Å². The van der Waals surface area contributed by atoms with Gasteiger partial charge in [0, 0.05) is 25.2 Å². The molecule has 1 aliphatic rings. The second-order valence-corrected chi connectivity index (χ2v) is 7.66. The van der Waals surface area contributed by atoms with E-state index < -0.39 is 11.9 Å². The lowest BCUT2D eigenvalue weighted by atomic mass is 10.1. The molecule has 1 aromatic heterocycles. The van der Waals surface area contributed by atoms with Crippen molar-refractivity contribution in [3.63, 3.8) is 0 Å². The van der Waals surface area contributed by atoms with Crippen molar-refractivity contribution in [2.75, 3.05) is 11.9 Å². The number of aryl methyl sites for hydroxylation is 1. The third-order valence-electron chi connectivity index (χ3n) is 5.44. The van der Waals surface area contributed by atoms with Gasteiger partial charge in [0.2, 0.25) is 0 Å². The van der Waals surface area contributed by atoms with Gasteiger partial charge in [0.25, 0.3) is 11.8 Å². The second-order valence-electron chi connectivity index (χ2n) is 7.66. The number of fused-ring (bicyclic) bond motifs is 1. The number of carbonyl (C=O) groups excluding carboxylic acids is 2. The second kappa shape index (κ2) is 9.90. The predicted octanol–water partition coefficient (Wildman–Crippen LogP) is 1.99. The van der Waals surface area contributed by atoms with Crippen LogP contribution in [0.1, 0.15) is 12.0 Å². The Kier molecular flexibility index (Phi) is 6.58. The number of anilines is 1. The van der Waals surface area contributed by atoms with Crippen molar-refractivity contribution in [2.24, 2.45) is 15.9 Å². The van der Waals surface area contributed by atoms with Crippen molar-refractivity contribution in [1.82, 2.24) is 15.1 Å². The maximum Gasteiger partial charge on any atom is 0.273 e. The Balaban J connectivity index is 1.42. The number of hydrogen-bond donors (Lipinski definition) is 2. The van der Waals surface area contributed by atoms with Crippen LogP contribution >= 0.6 is 0 Å². The minimum atomic E-state index is -0.733. The van der Waals surface area contributed by atoms with Crippen LogP contribution in [0, 0.1) is 0 Å². The molecule has 0 spiro atoms. The van der Waals surface area contributed by atoms with Gasteiger partial charge in [0.15, 0.2) is 5.71 Å². The molecule has 0 bridgehead atoms. The highest BCUT2D eigenvalue weighted by Gasteiger charge is 2.31. The number of benzene rings is 2. The molecule has 2 aromatic carbocycles. The molecule has 0 aliphatic carbocycles. The standard InChI is InChI=1S/C24H25N7O2/c1-30-22-14-20(18-10-6-3-7-11-18)29-31(22)13-12-19(24(30)33)27-23(32)21(28-25)16-26-15-17-8-4-2-5-9-17/h2-11,14,16,19H,12-13,15,25H2,1H3,(H,27,32). The lowest BCUT2D eigenvalue weighted by Crippen LogP contribution is -2.49. The van der Waals surface area contributed by atoms with E-state index in [0.29, 0.717) is 25.3 Å². The monoisotopic (exact) mass is 443 g/mol. The van der Waals surface area contributed by atoms with Crippen LogP contribution in [0.3, 0.4) is 0 Å². The van der Waals surface area contributed by atoms with Gasteiger partial charge < -0.3 is 11.2 Å². The highest BCUT2D eigenvalue weighted by molar-refractivity contribution is 6.60. The van der Waals surface area contributed by atoms with Gasteiger partial charge >= 0.3 is 0 Å². The predicted molar refractivity (Wildman–Crippen MR) is 128 cm³/mol. The number of hydrogen-bond acceptors (Lipinski definition) is 6. The van der Waals surface area contributed by atoms with E-state index in [1.807, 2.05) is 66.7 Å². The van der Waals surface area contributed by atoms with E-state index in [1.54, 1.807) is 11.7 Å². The molecule has 33 heavy (non-hydrogen) atoms. The number of hydrazone groups is 1. The van der Waals surface area contributed by atoms with Crippen molar-refractivity contribution in [1.29, 1.82) is 0 Å². The molecule has 2 amide bonds. The first-order chi connectivity index (χ1) is 16.1. The third-order valence-corrected chi connectivity index (χ3v) is 5.44. The number of aliphatic imine (C=N–C) groups is 1. The molecule has 9 nitrogen and oxygen atoms in total. The zero-order chi connectivity index (χ0) is 23.2. The van der Waals surface area contributed by atoms with Gasteiger partial charge in [-0.3, -0.25) is 19.5 Å². The summed E-state index contributed by atoms with van der Waals surface area (Å²) >= 11 is 0. The Morgan fingerprint density at radius 1 is 1.18 bits per heavy atom. The molecule has 0 radical (unpaired) electrons. The smallest absolute Gasteiger partial charge is 0.273 e. The van der Waals surface area contributed by atoms with E-state index in [1.165, 1.54) is 11.1 Å². The fourth-order valence-electron chi connectivity index (χ4n) is 3.65. The van der Waals surface area contributed by atoms with Crippen LogP contribution in [0.5, 0.6) is 0 Å². The van der Waals surface area contributed by atoms with Gasteiger partial charge in [0.1, 0.15) is 11.9 Å². The largest absolute Gasteiger partial charge is 0.339 e.